The summed E-state index contributed by atoms with van der Waals surface area (Å²) in [5.41, 5.74) is 6.66. The average Bonchev–Trinajstić information content (AvgIpc) is 2.47. The van der Waals surface area contributed by atoms with Crippen LogP contribution in [0.15, 0.2) is 29.2 Å². The molecule has 21 heavy (non-hydrogen) atoms. The minimum atomic E-state index is -3.60. The fraction of sp³-hybridized carbons (Fsp3) is 0.571. The topological polar surface area (TPSA) is 92.9 Å². The van der Waals surface area contributed by atoms with Crippen LogP contribution < -0.4 is 5.73 Å². The third-order valence-corrected chi connectivity index (χ3v) is 5.66. The number of nitrogens with two attached hydrogens (primary N) is 1. The van der Waals surface area contributed by atoms with Crippen molar-refractivity contribution in [3.05, 3.63) is 29.8 Å². The zero-order chi connectivity index (χ0) is 15.6. The molecule has 3 atom stereocenters. The Morgan fingerprint density at radius 3 is 2.57 bits per heavy atom. The van der Waals surface area contributed by atoms with E-state index in [1.54, 1.807) is 31.2 Å². The Balaban J connectivity index is 2.27. The highest BCUT2D eigenvalue weighted by Gasteiger charge is 2.35. The molecule has 0 amide bonds. The second kappa shape index (κ2) is 6.41. The molecule has 3 unspecified atom stereocenters. The van der Waals surface area contributed by atoms with Crippen LogP contribution in [0.25, 0.3) is 0 Å². The molecule has 0 aromatic heterocycles. The first kappa shape index (κ1) is 16.4. The first-order valence-electron chi connectivity index (χ1n) is 6.96. The number of nitrogens with zero attached hydrogens (tertiary/aromatic N) is 1. The van der Waals surface area contributed by atoms with Crippen molar-refractivity contribution in [1.29, 1.82) is 0 Å². The molecule has 1 fully saturated rings. The van der Waals surface area contributed by atoms with Crippen molar-refractivity contribution in [3.63, 3.8) is 0 Å². The van der Waals surface area contributed by atoms with Crippen molar-refractivity contribution in [3.8, 4) is 0 Å². The maximum absolute atomic E-state index is 12.7. The summed E-state index contributed by atoms with van der Waals surface area (Å²) in [5.74, 6) is 0. The summed E-state index contributed by atoms with van der Waals surface area (Å²) < 4.78 is 32.2. The van der Waals surface area contributed by atoms with Crippen LogP contribution in [0.2, 0.25) is 0 Å². The third-order valence-electron chi connectivity index (χ3n) is 3.66. The number of aliphatic hydroxyl groups is 1. The molecule has 1 aliphatic rings. The summed E-state index contributed by atoms with van der Waals surface area (Å²) in [6.07, 6.45) is -0.473. The lowest BCUT2D eigenvalue weighted by molar-refractivity contribution is -0.0516. The Labute approximate surface area is 125 Å². The predicted molar refractivity (Wildman–Crippen MR) is 79.2 cm³/mol. The van der Waals surface area contributed by atoms with Gasteiger partial charge in [0.25, 0.3) is 0 Å². The van der Waals surface area contributed by atoms with Crippen molar-refractivity contribution in [2.24, 2.45) is 5.73 Å². The maximum Gasteiger partial charge on any atom is 0.243 e. The Hall–Kier alpha value is -0.990. The third kappa shape index (κ3) is 3.44. The van der Waals surface area contributed by atoms with Crippen LogP contribution in [0.1, 0.15) is 25.5 Å². The summed E-state index contributed by atoms with van der Waals surface area (Å²) in [7, 11) is -3.60. The van der Waals surface area contributed by atoms with Crippen LogP contribution in [0.5, 0.6) is 0 Å². The van der Waals surface area contributed by atoms with Gasteiger partial charge in [0, 0.05) is 18.6 Å². The molecule has 7 heteroatoms. The van der Waals surface area contributed by atoms with Gasteiger partial charge in [-0.1, -0.05) is 12.1 Å². The van der Waals surface area contributed by atoms with Crippen molar-refractivity contribution >= 4 is 10.0 Å². The Morgan fingerprint density at radius 1 is 1.43 bits per heavy atom. The molecular weight excluding hydrogens is 292 g/mol. The molecule has 1 saturated heterocycles. The normalized spacial score (nSPS) is 25.7. The fourth-order valence-corrected chi connectivity index (χ4v) is 3.96. The van der Waals surface area contributed by atoms with Crippen LogP contribution in [-0.2, 0) is 14.8 Å². The van der Waals surface area contributed by atoms with Crippen LogP contribution >= 0.6 is 0 Å². The van der Waals surface area contributed by atoms with E-state index in [2.05, 4.69) is 0 Å². The number of benzene rings is 1. The maximum atomic E-state index is 12.7. The Bertz CT molecular complexity index is 571. The minimum absolute atomic E-state index is 0.136. The number of sulfonamides is 1. The second-order valence-electron chi connectivity index (χ2n) is 5.42. The molecule has 0 spiro atoms. The van der Waals surface area contributed by atoms with E-state index >= 15 is 0 Å². The molecule has 0 aliphatic carbocycles. The zero-order valence-electron chi connectivity index (χ0n) is 12.3. The van der Waals surface area contributed by atoms with Gasteiger partial charge in [-0.3, -0.25) is 0 Å². The number of morpholine rings is 1. The van der Waals surface area contributed by atoms with Crippen molar-refractivity contribution in [1.82, 2.24) is 4.31 Å². The highest BCUT2D eigenvalue weighted by molar-refractivity contribution is 7.89. The lowest BCUT2D eigenvalue weighted by atomic mass is 10.1. The van der Waals surface area contributed by atoms with Crippen molar-refractivity contribution < 1.29 is 18.3 Å². The van der Waals surface area contributed by atoms with Crippen molar-refractivity contribution in [2.45, 2.75) is 36.9 Å². The number of rotatable bonds is 4. The number of aliphatic hydroxyl groups excluding tert-OH is 1. The summed E-state index contributed by atoms with van der Waals surface area (Å²) in [6.45, 7) is 3.89. The van der Waals surface area contributed by atoms with Gasteiger partial charge in [0.2, 0.25) is 10.0 Å². The van der Waals surface area contributed by atoms with E-state index in [-0.39, 0.29) is 36.7 Å². The van der Waals surface area contributed by atoms with Gasteiger partial charge in [0.15, 0.2) is 0 Å². The van der Waals surface area contributed by atoms with Crippen LogP contribution in [0, 0.1) is 0 Å². The van der Waals surface area contributed by atoms with Gasteiger partial charge in [-0.15, -0.1) is 0 Å². The van der Waals surface area contributed by atoms with E-state index < -0.39 is 16.1 Å². The van der Waals surface area contributed by atoms with E-state index in [1.165, 1.54) is 4.31 Å². The molecule has 1 aromatic carbocycles. The molecule has 0 bridgehead atoms. The Morgan fingerprint density at radius 2 is 2.05 bits per heavy atom. The van der Waals surface area contributed by atoms with E-state index in [1.807, 2.05) is 6.92 Å². The van der Waals surface area contributed by atoms with Crippen LogP contribution in [0.3, 0.4) is 0 Å². The molecule has 2 rings (SSSR count). The average molecular weight is 314 g/mol. The molecule has 1 aliphatic heterocycles. The number of hydrogen-bond donors (Lipinski definition) is 2. The van der Waals surface area contributed by atoms with Gasteiger partial charge in [-0.05, 0) is 31.5 Å². The fourth-order valence-electron chi connectivity index (χ4n) is 2.32. The highest BCUT2D eigenvalue weighted by Crippen LogP contribution is 2.23. The summed E-state index contributed by atoms with van der Waals surface area (Å²) in [6, 6.07) is 6.21. The smallest absolute Gasteiger partial charge is 0.243 e. The molecule has 6 nitrogen and oxygen atoms in total. The predicted octanol–water partition coefficient (Wildman–Crippen LogP) is 0.477. The van der Waals surface area contributed by atoms with Gasteiger partial charge < -0.3 is 15.6 Å². The molecule has 0 saturated carbocycles. The van der Waals surface area contributed by atoms with Crippen LogP contribution in [0.4, 0.5) is 0 Å². The lowest BCUT2D eigenvalue weighted by Gasteiger charge is -2.36. The summed E-state index contributed by atoms with van der Waals surface area (Å²) >= 11 is 0. The molecule has 118 valence electrons. The van der Waals surface area contributed by atoms with E-state index in [9.17, 15) is 8.42 Å². The lowest BCUT2D eigenvalue weighted by Crippen LogP contribution is -2.51. The standard InChI is InChI=1S/C14H22N2O4S/c1-10-9-20-13(8-17)7-16(10)21(18,19)14-5-3-12(4-6-14)11(2)15/h3-6,10-11,13,17H,7-9,15H2,1-2H3. The Kier molecular flexibility index (Phi) is 5.00. The van der Waals surface area contributed by atoms with E-state index in [0.717, 1.165) is 5.56 Å². The first-order chi connectivity index (χ1) is 9.86. The quantitative estimate of drug-likeness (QED) is 0.843. The summed E-state index contributed by atoms with van der Waals surface area (Å²) in [5, 5.41) is 9.17. The molecule has 1 aromatic rings. The molecule has 0 radical (unpaired) electrons. The van der Waals surface area contributed by atoms with Gasteiger partial charge in [0.05, 0.1) is 24.2 Å². The highest BCUT2D eigenvalue weighted by atomic mass is 32.2. The van der Waals surface area contributed by atoms with Gasteiger partial charge in [0.1, 0.15) is 0 Å². The SMILES string of the molecule is CC(N)c1ccc(S(=O)(=O)N2CC(CO)OCC2C)cc1. The van der Waals surface area contributed by atoms with Gasteiger partial charge in [-0.2, -0.15) is 4.31 Å². The van der Waals surface area contributed by atoms with E-state index in [0.29, 0.717) is 0 Å². The van der Waals surface area contributed by atoms with Crippen LogP contribution in [-0.4, -0.2) is 49.7 Å². The van der Waals surface area contributed by atoms with Crippen molar-refractivity contribution in [2.75, 3.05) is 19.8 Å². The largest absolute Gasteiger partial charge is 0.394 e. The van der Waals surface area contributed by atoms with Gasteiger partial charge >= 0.3 is 0 Å². The minimum Gasteiger partial charge on any atom is -0.394 e. The molecular formula is C14H22N2O4S. The second-order valence-corrected chi connectivity index (χ2v) is 7.31. The van der Waals surface area contributed by atoms with E-state index in [4.69, 9.17) is 15.6 Å². The number of ether oxygens (including phenoxy) is 1. The van der Waals surface area contributed by atoms with Gasteiger partial charge in [-0.25, -0.2) is 8.42 Å². The summed E-state index contributed by atoms with van der Waals surface area (Å²) in [4.78, 5) is 0.234. The molecule has 1 heterocycles. The first-order valence-corrected chi connectivity index (χ1v) is 8.40. The molecule has 3 N–H and O–H groups in total. The number of hydrogen-bond acceptors (Lipinski definition) is 5. The zero-order valence-corrected chi connectivity index (χ0v) is 13.1. The monoisotopic (exact) mass is 314 g/mol.